The largest absolute Gasteiger partial charge is 0.374 e. The summed E-state index contributed by atoms with van der Waals surface area (Å²) in [6.07, 6.45) is 8.71. The minimum Gasteiger partial charge on any atom is -0.374 e. The van der Waals surface area contributed by atoms with Crippen molar-refractivity contribution in [2.75, 3.05) is 26.7 Å². The minimum atomic E-state index is 0.283. The number of hydrogen-bond acceptors (Lipinski definition) is 5. The molecular weight excluding hydrogens is 482 g/mol. The van der Waals surface area contributed by atoms with E-state index in [-0.39, 0.29) is 5.54 Å². The Morgan fingerprint density at radius 3 is 2.78 bits per heavy atom. The summed E-state index contributed by atoms with van der Waals surface area (Å²) in [5.41, 5.74) is 3.02. The Balaban J connectivity index is 1.36. The van der Waals surface area contributed by atoms with Gasteiger partial charge in [0.05, 0.1) is 5.69 Å². The minimum absolute atomic E-state index is 0.283. The molecule has 2 aliphatic heterocycles. The fourth-order valence-corrected chi connectivity index (χ4v) is 5.80. The molecule has 37 heavy (non-hydrogen) atoms. The van der Waals surface area contributed by atoms with Gasteiger partial charge in [0.25, 0.3) is 0 Å². The Morgan fingerprint density at radius 2 is 2.11 bits per heavy atom. The van der Waals surface area contributed by atoms with E-state index in [1.165, 1.54) is 12.8 Å². The Labute approximate surface area is 227 Å². The number of aryl methyl sites for hydroxylation is 1. The maximum Gasteiger partial charge on any atom is 0.155 e. The second-order valence-corrected chi connectivity index (χ2v) is 11.9. The molecular formula is C29H44ClN7. The van der Waals surface area contributed by atoms with Crippen molar-refractivity contribution in [1.82, 2.24) is 30.3 Å². The second-order valence-electron chi connectivity index (χ2n) is 11.5. The van der Waals surface area contributed by atoms with Gasteiger partial charge in [-0.3, -0.25) is 4.99 Å². The summed E-state index contributed by atoms with van der Waals surface area (Å²) < 4.78 is 1.77. The number of nitrogens with zero attached hydrogens (tertiary/aromatic N) is 5. The summed E-state index contributed by atoms with van der Waals surface area (Å²) >= 11 is 6.63. The highest BCUT2D eigenvalue weighted by molar-refractivity contribution is 6.31. The monoisotopic (exact) mass is 525 g/mol. The van der Waals surface area contributed by atoms with Crippen LogP contribution < -0.4 is 10.6 Å². The van der Waals surface area contributed by atoms with E-state index in [0.717, 1.165) is 74.0 Å². The van der Waals surface area contributed by atoms with E-state index in [4.69, 9.17) is 16.6 Å². The molecule has 4 heterocycles. The van der Waals surface area contributed by atoms with Crippen LogP contribution in [0.2, 0.25) is 5.15 Å². The van der Waals surface area contributed by atoms with E-state index in [0.29, 0.717) is 22.9 Å². The van der Waals surface area contributed by atoms with Gasteiger partial charge < -0.3 is 15.5 Å². The van der Waals surface area contributed by atoms with E-state index < -0.39 is 0 Å². The number of piperidine rings is 1. The average molecular weight is 526 g/mol. The van der Waals surface area contributed by atoms with Gasteiger partial charge in [-0.25, -0.2) is 9.67 Å². The van der Waals surface area contributed by atoms with Gasteiger partial charge in [0.2, 0.25) is 0 Å². The zero-order valence-corrected chi connectivity index (χ0v) is 24.0. The third-order valence-corrected chi connectivity index (χ3v) is 8.08. The highest BCUT2D eigenvalue weighted by Gasteiger charge is 2.30. The van der Waals surface area contributed by atoms with Gasteiger partial charge in [0.15, 0.2) is 5.82 Å². The summed E-state index contributed by atoms with van der Waals surface area (Å²) in [6.45, 7) is 16.2. The van der Waals surface area contributed by atoms with Crippen molar-refractivity contribution in [1.29, 1.82) is 0 Å². The molecule has 202 valence electrons. The van der Waals surface area contributed by atoms with Gasteiger partial charge in [-0.2, -0.15) is 5.10 Å². The lowest BCUT2D eigenvalue weighted by Crippen LogP contribution is -2.46. The molecule has 0 aliphatic carbocycles. The molecule has 0 amide bonds. The van der Waals surface area contributed by atoms with Crippen molar-refractivity contribution in [3.8, 4) is 5.82 Å². The number of halogens is 1. The molecule has 2 aromatic heterocycles. The molecule has 2 unspecified atom stereocenters. The van der Waals surface area contributed by atoms with E-state index in [1.54, 1.807) is 4.68 Å². The molecule has 2 N–H and O–H groups in total. The predicted molar refractivity (Wildman–Crippen MR) is 154 cm³/mol. The lowest BCUT2D eigenvalue weighted by Gasteiger charge is -2.34. The molecule has 7 nitrogen and oxygen atoms in total. The lowest BCUT2D eigenvalue weighted by molar-refractivity contribution is 0.365. The number of aromatic nitrogens is 3. The Bertz CT molecular complexity index is 1110. The molecule has 2 fully saturated rings. The summed E-state index contributed by atoms with van der Waals surface area (Å²) in [7, 11) is 2.08. The number of pyridine rings is 1. The van der Waals surface area contributed by atoms with Gasteiger partial charge >= 0.3 is 0 Å². The first-order chi connectivity index (χ1) is 17.6. The Kier molecular flexibility index (Phi) is 8.96. The van der Waals surface area contributed by atoms with Crippen LogP contribution in [0.5, 0.6) is 0 Å². The molecule has 3 atom stereocenters. The topological polar surface area (TPSA) is 70.4 Å². The van der Waals surface area contributed by atoms with Crippen LogP contribution in [0.25, 0.3) is 11.5 Å². The van der Waals surface area contributed by atoms with E-state index in [1.807, 2.05) is 24.4 Å². The van der Waals surface area contributed by atoms with Gasteiger partial charge in [0.1, 0.15) is 11.0 Å². The molecule has 0 radical (unpaired) electrons. The third-order valence-electron chi connectivity index (χ3n) is 7.79. The SMILES string of the molecule is C=C(c1ccc(-n2ccc(CC)n2)nc1Cl)N(C)C[C@H]1CCC(C)NC1=NCCCC1CNC(C)(C)C1. The van der Waals surface area contributed by atoms with E-state index in [2.05, 4.69) is 66.9 Å². The number of hydrogen-bond donors (Lipinski definition) is 2. The molecule has 0 saturated carbocycles. The van der Waals surface area contributed by atoms with Crippen molar-refractivity contribution in [3.05, 3.63) is 47.4 Å². The maximum absolute atomic E-state index is 6.63. The predicted octanol–water partition coefficient (Wildman–Crippen LogP) is 5.34. The van der Waals surface area contributed by atoms with Crippen LogP contribution in [0.4, 0.5) is 0 Å². The molecule has 2 saturated heterocycles. The number of nitrogens with one attached hydrogen (secondary N) is 2. The highest BCUT2D eigenvalue weighted by atomic mass is 35.5. The van der Waals surface area contributed by atoms with Crippen LogP contribution in [0.1, 0.15) is 71.1 Å². The number of aliphatic imine (C=N–C) groups is 1. The highest BCUT2D eigenvalue weighted by Crippen LogP contribution is 2.28. The Morgan fingerprint density at radius 1 is 1.30 bits per heavy atom. The van der Waals surface area contributed by atoms with Crippen LogP contribution in [0.3, 0.4) is 0 Å². The molecule has 2 aliphatic rings. The number of rotatable bonds is 10. The molecule has 0 aromatic carbocycles. The van der Waals surface area contributed by atoms with Crippen molar-refractivity contribution in [3.63, 3.8) is 0 Å². The lowest BCUT2D eigenvalue weighted by atomic mass is 9.92. The van der Waals surface area contributed by atoms with Crippen LogP contribution >= 0.6 is 11.6 Å². The first-order valence-electron chi connectivity index (χ1n) is 13.8. The first kappa shape index (κ1) is 27.6. The molecule has 2 aromatic rings. The smallest absolute Gasteiger partial charge is 0.155 e. The molecule has 8 heteroatoms. The zero-order valence-electron chi connectivity index (χ0n) is 23.2. The fraction of sp³-hybridized carbons (Fsp3) is 0.621. The van der Waals surface area contributed by atoms with Crippen molar-refractivity contribution in [2.45, 2.75) is 77.8 Å². The molecule has 0 bridgehead atoms. The Hall–Kier alpha value is -2.38. The normalized spacial score (nSPS) is 24.3. The van der Waals surface area contributed by atoms with Crippen LogP contribution in [0, 0.1) is 11.8 Å². The molecule has 0 spiro atoms. The maximum atomic E-state index is 6.63. The van der Waals surface area contributed by atoms with Gasteiger partial charge in [-0.05, 0) is 90.0 Å². The molecule has 4 rings (SSSR count). The van der Waals surface area contributed by atoms with Gasteiger partial charge in [0, 0.05) is 55.1 Å². The zero-order chi connectivity index (χ0) is 26.6. The van der Waals surface area contributed by atoms with Crippen LogP contribution in [0.15, 0.2) is 36.0 Å². The van der Waals surface area contributed by atoms with Crippen LogP contribution in [-0.2, 0) is 6.42 Å². The van der Waals surface area contributed by atoms with Crippen molar-refractivity contribution < 1.29 is 0 Å². The summed E-state index contributed by atoms with van der Waals surface area (Å²) in [4.78, 5) is 11.8. The standard InChI is InChI=1S/C29H44ClN7/c1-7-24-14-16-37(35-24)26-13-12-25(27(30)34-26)21(3)36(6)19-23-11-10-20(2)33-28(23)31-15-8-9-22-17-29(4,5)32-18-22/h12-14,16,20,22-23,32H,3,7-11,15,17-19H2,1-2,4-6H3,(H,31,33)/t20?,22?,23-/m1/s1. The van der Waals surface area contributed by atoms with Crippen molar-refractivity contribution >= 4 is 23.1 Å². The van der Waals surface area contributed by atoms with E-state index >= 15 is 0 Å². The van der Waals surface area contributed by atoms with E-state index in [9.17, 15) is 0 Å². The second kappa shape index (κ2) is 12.0. The number of amidine groups is 1. The quantitative estimate of drug-likeness (QED) is 0.323. The average Bonchev–Trinajstić information content (AvgIpc) is 3.48. The van der Waals surface area contributed by atoms with Crippen LogP contribution in [-0.4, -0.2) is 63.8 Å². The van der Waals surface area contributed by atoms with Gasteiger partial charge in [-0.1, -0.05) is 25.1 Å². The third kappa shape index (κ3) is 7.14. The van der Waals surface area contributed by atoms with Gasteiger partial charge in [-0.15, -0.1) is 0 Å². The summed E-state index contributed by atoms with van der Waals surface area (Å²) in [6, 6.07) is 6.41. The first-order valence-corrected chi connectivity index (χ1v) is 14.2. The summed E-state index contributed by atoms with van der Waals surface area (Å²) in [5, 5.41) is 12.3. The summed E-state index contributed by atoms with van der Waals surface area (Å²) in [5.74, 6) is 2.98. The van der Waals surface area contributed by atoms with Crippen molar-refractivity contribution in [2.24, 2.45) is 16.8 Å². The fourth-order valence-electron chi connectivity index (χ4n) is 5.54.